The van der Waals surface area contributed by atoms with Crippen LogP contribution in [0.3, 0.4) is 0 Å². The molecule has 9 heteroatoms. The molecule has 0 radical (unpaired) electrons. The minimum atomic E-state index is -0.0939. The number of carbonyl (C=O) groups excluding carboxylic acids is 1. The molecule has 0 saturated carbocycles. The summed E-state index contributed by atoms with van der Waals surface area (Å²) >= 11 is 5.99. The molecule has 5 nitrogen and oxygen atoms in total. The molecule has 0 saturated heterocycles. The molecule has 3 rings (SSSR count). The van der Waals surface area contributed by atoms with Crippen LogP contribution in [-0.4, -0.2) is 26.8 Å². The van der Waals surface area contributed by atoms with Crippen LogP contribution in [0.2, 0.25) is 0 Å². The second kappa shape index (κ2) is 8.61. The molecular formula is C15H14N4OS4. The van der Waals surface area contributed by atoms with Gasteiger partial charge in [-0.05, 0) is 12.5 Å². The summed E-state index contributed by atoms with van der Waals surface area (Å²) in [5.74, 6) is 1.06. The third kappa shape index (κ3) is 5.30. The zero-order chi connectivity index (χ0) is 16.8. The molecule has 1 aromatic carbocycles. The van der Waals surface area contributed by atoms with Gasteiger partial charge in [0, 0.05) is 16.8 Å². The molecule has 0 spiro atoms. The van der Waals surface area contributed by atoms with Crippen molar-refractivity contribution in [2.45, 2.75) is 21.4 Å². The first-order valence-corrected chi connectivity index (χ1v) is 10.7. The average molecular weight is 395 g/mol. The Morgan fingerprint density at radius 3 is 2.75 bits per heavy atom. The number of aryl methyl sites for hydroxylation is 1. The van der Waals surface area contributed by atoms with Crippen molar-refractivity contribution in [3.63, 3.8) is 0 Å². The Balaban J connectivity index is 1.45. The first kappa shape index (κ1) is 17.4. The van der Waals surface area contributed by atoms with E-state index >= 15 is 0 Å². The molecule has 0 aliphatic rings. The SMILES string of the molecule is Cc1csc(SCC(=O)Nc2nnc(SCc3ccccc3)s2)n1. The summed E-state index contributed by atoms with van der Waals surface area (Å²) in [4.78, 5) is 16.3. The fourth-order valence-electron chi connectivity index (χ4n) is 1.72. The van der Waals surface area contributed by atoms with E-state index in [1.165, 1.54) is 28.7 Å². The van der Waals surface area contributed by atoms with Crippen molar-refractivity contribution in [1.29, 1.82) is 0 Å². The fraction of sp³-hybridized carbons (Fsp3) is 0.200. The van der Waals surface area contributed by atoms with E-state index in [2.05, 4.69) is 32.6 Å². The highest BCUT2D eigenvalue weighted by atomic mass is 32.2. The third-order valence-electron chi connectivity index (χ3n) is 2.78. The topological polar surface area (TPSA) is 67.8 Å². The highest BCUT2D eigenvalue weighted by molar-refractivity contribution is 8.01. The Kier molecular flexibility index (Phi) is 6.24. The molecule has 124 valence electrons. The molecule has 1 amide bonds. The number of hydrogen-bond acceptors (Lipinski definition) is 8. The number of nitrogens with zero attached hydrogens (tertiary/aromatic N) is 3. The van der Waals surface area contributed by atoms with Gasteiger partial charge in [-0.1, -0.05) is 65.2 Å². The monoisotopic (exact) mass is 394 g/mol. The van der Waals surface area contributed by atoms with Crippen LogP contribution in [0.25, 0.3) is 0 Å². The largest absolute Gasteiger partial charge is 0.300 e. The normalized spacial score (nSPS) is 10.7. The number of benzene rings is 1. The van der Waals surface area contributed by atoms with Gasteiger partial charge >= 0.3 is 0 Å². The molecule has 0 fully saturated rings. The summed E-state index contributed by atoms with van der Waals surface area (Å²) in [6.07, 6.45) is 0. The van der Waals surface area contributed by atoms with Gasteiger partial charge in [-0.3, -0.25) is 10.1 Å². The zero-order valence-corrected chi connectivity index (χ0v) is 16.0. The van der Waals surface area contributed by atoms with Gasteiger partial charge in [-0.15, -0.1) is 21.5 Å². The van der Waals surface area contributed by atoms with Crippen molar-refractivity contribution in [1.82, 2.24) is 15.2 Å². The molecule has 0 bridgehead atoms. The van der Waals surface area contributed by atoms with E-state index in [9.17, 15) is 4.79 Å². The number of rotatable bonds is 7. The van der Waals surface area contributed by atoms with Crippen molar-refractivity contribution in [3.8, 4) is 0 Å². The van der Waals surface area contributed by atoms with Gasteiger partial charge in [-0.2, -0.15) is 0 Å². The van der Waals surface area contributed by atoms with Crippen molar-refractivity contribution < 1.29 is 4.79 Å². The lowest BCUT2D eigenvalue weighted by Crippen LogP contribution is -2.13. The minimum Gasteiger partial charge on any atom is -0.300 e. The first-order valence-electron chi connectivity index (χ1n) is 7.04. The number of thiazole rings is 1. The average Bonchev–Trinajstić information content (AvgIpc) is 3.21. The fourth-order valence-corrected chi connectivity index (χ4v) is 5.09. The van der Waals surface area contributed by atoms with Crippen molar-refractivity contribution in [2.75, 3.05) is 11.1 Å². The Hall–Kier alpha value is -1.42. The molecule has 2 heterocycles. The Morgan fingerprint density at radius 1 is 1.17 bits per heavy atom. The van der Waals surface area contributed by atoms with Crippen LogP contribution in [0.4, 0.5) is 5.13 Å². The number of anilines is 1. The lowest BCUT2D eigenvalue weighted by atomic mass is 10.2. The second-order valence-corrected chi connectivity index (χ2v) is 9.02. The van der Waals surface area contributed by atoms with Gasteiger partial charge in [0.15, 0.2) is 8.68 Å². The number of thioether (sulfide) groups is 2. The molecule has 1 N–H and O–H groups in total. The third-order valence-corrected chi connectivity index (χ3v) is 6.96. The lowest BCUT2D eigenvalue weighted by Gasteiger charge is -1.99. The molecule has 0 unspecified atom stereocenters. The Bertz CT molecular complexity index is 803. The molecule has 24 heavy (non-hydrogen) atoms. The van der Waals surface area contributed by atoms with E-state index in [-0.39, 0.29) is 5.91 Å². The second-order valence-electron chi connectivity index (χ2n) is 4.74. The van der Waals surface area contributed by atoms with Gasteiger partial charge in [0.2, 0.25) is 11.0 Å². The first-order chi connectivity index (χ1) is 11.7. The van der Waals surface area contributed by atoms with Crippen molar-refractivity contribution in [3.05, 3.63) is 47.0 Å². The van der Waals surface area contributed by atoms with E-state index in [0.717, 1.165) is 20.1 Å². The Labute approximate surface area is 156 Å². The van der Waals surface area contributed by atoms with Crippen LogP contribution in [0, 0.1) is 6.92 Å². The van der Waals surface area contributed by atoms with Crippen molar-refractivity contribution >= 4 is 57.2 Å². The number of carbonyl (C=O) groups is 1. The van der Waals surface area contributed by atoms with Gasteiger partial charge in [0.1, 0.15) is 0 Å². The van der Waals surface area contributed by atoms with E-state index < -0.39 is 0 Å². The molecular weight excluding hydrogens is 380 g/mol. The number of aromatic nitrogens is 3. The van der Waals surface area contributed by atoms with E-state index in [1.54, 1.807) is 23.1 Å². The van der Waals surface area contributed by atoms with E-state index in [0.29, 0.717) is 10.9 Å². The summed E-state index contributed by atoms with van der Waals surface area (Å²) in [6.45, 7) is 1.94. The smallest absolute Gasteiger partial charge is 0.236 e. The van der Waals surface area contributed by atoms with Gasteiger partial charge in [0.05, 0.1) is 5.75 Å². The highest BCUT2D eigenvalue weighted by Crippen LogP contribution is 2.28. The van der Waals surface area contributed by atoms with Gasteiger partial charge in [0.25, 0.3) is 0 Å². The molecule has 0 aliphatic carbocycles. The molecule has 3 aromatic rings. The van der Waals surface area contributed by atoms with Gasteiger partial charge in [-0.25, -0.2) is 4.98 Å². The maximum Gasteiger partial charge on any atom is 0.236 e. The highest BCUT2D eigenvalue weighted by Gasteiger charge is 2.10. The maximum atomic E-state index is 12.0. The van der Waals surface area contributed by atoms with Gasteiger partial charge < -0.3 is 0 Å². The number of amides is 1. The van der Waals surface area contributed by atoms with E-state index in [4.69, 9.17) is 0 Å². The zero-order valence-electron chi connectivity index (χ0n) is 12.8. The minimum absolute atomic E-state index is 0.0939. The van der Waals surface area contributed by atoms with Crippen LogP contribution >= 0.6 is 46.2 Å². The van der Waals surface area contributed by atoms with Crippen molar-refractivity contribution in [2.24, 2.45) is 0 Å². The standard InChI is InChI=1S/C15H14N4OS4/c1-10-7-21-14(16-10)23-9-12(20)17-13-18-19-15(24-13)22-8-11-5-3-2-4-6-11/h2-7H,8-9H2,1H3,(H,17,18,20). The predicted molar refractivity (Wildman–Crippen MR) is 102 cm³/mol. The Morgan fingerprint density at radius 2 is 2.00 bits per heavy atom. The molecule has 2 aromatic heterocycles. The maximum absolute atomic E-state index is 12.0. The summed E-state index contributed by atoms with van der Waals surface area (Å²) < 4.78 is 1.75. The summed E-state index contributed by atoms with van der Waals surface area (Å²) in [5.41, 5.74) is 2.21. The molecule has 0 atom stereocenters. The summed E-state index contributed by atoms with van der Waals surface area (Å²) in [6, 6.07) is 10.2. The number of hydrogen-bond donors (Lipinski definition) is 1. The number of nitrogens with one attached hydrogen (secondary N) is 1. The predicted octanol–water partition coefficient (Wildman–Crippen LogP) is 4.33. The van der Waals surface area contributed by atoms with E-state index in [1.807, 2.05) is 30.5 Å². The van der Waals surface area contributed by atoms with Crippen LogP contribution in [0.1, 0.15) is 11.3 Å². The van der Waals surface area contributed by atoms with Crippen LogP contribution in [-0.2, 0) is 10.5 Å². The van der Waals surface area contributed by atoms with Crippen LogP contribution in [0.15, 0.2) is 44.4 Å². The van der Waals surface area contributed by atoms with Crippen LogP contribution < -0.4 is 5.32 Å². The summed E-state index contributed by atoms with van der Waals surface area (Å²) in [5, 5.41) is 13.4. The quantitative estimate of drug-likeness (QED) is 0.475. The summed E-state index contributed by atoms with van der Waals surface area (Å²) in [7, 11) is 0. The lowest BCUT2D eigenvalue weighted by molar-refractivity contribution is -0.113. The van der Waals surface area contributed by atoms with Crippen LogP contribution in [0.5, 0.6) is 0 Å². The molecule has 0 aliphatic heterocycles.